The number of nitrogens with one attached hydrogen (secondary N) is 1. The Morgan fingerprint density at radius 2 is 2.20 bits per heavy atom. The smallest absolute Gasteiger partial charge is 0.132 e. The van der Waals surface area contributed by atoms with Crippen molar-refractivity contribution in [1.29, 1.82) is 0 Å². The second-order valence-corrected chi connectivity index (χ2v) is 5.12. The van der Waals surface area contributed by atoms with Crippen molar-refractivity contribution >= 4 is 0 Å². The Balaban J connectivity index is 2.26. The summed E-state index contributed by atoms with van der Waals surface area (Å²) in [6.45, 7) is 6.77. The summed E-state index contributed by atoms with van der Waals surface area (Å²) in [7, 11) is 0. The third-order valence-corrected chi connectivity index (χ3v) is 2.80. The third kappa shape index (κ3) is 5.47. The number of ether oxygens (including phenoxy) is 1. The van der Waals surface area contributed by atoms with Crippen molar-refractivity contribution < 1.29 is 9.13 Å². The molecule has 2 nitrogen and oxygen atoms in total. The topological polar surface area (TPSA) is 21.3 Å². The van der Waals surface area contributed by atoms with Crippen molar-refractivity contribution in [2.75, 3.05) is 13.2 Å². The molecule has 1 rings (SSSR count). The van der Waals surface area contributed by atoms with Crippen LogP contribution in [0.1, 0.15) is 46.5 Å². The molecule has 0 radical (unpaired) electrons. The SMILES string of the molecule is CC(C)OCC(C)(F)CC1CCCCN1. The van der Waals surface area contributed by atoms with Crippen LogP contribution >= 0.6 is 0 Å². The Morgan fingerprint density at radius 1 is 1.47 bits per heavy atom. The molecule has 0 amide bonds. The van der Waals surface area contributed by atoms with Gasteiger partial charge in [0.05, 0.1) is 12.7 Å². The van der Waals surface area contributed by atoms with Gasteiger partial charge in [-0.05, 0) is 46.6 Å². The lowest BCUT2D eigenvalue weighted by Gasteiger charge is -2.30. The summed E-state index contributed by atoms with van der Waals surface area (Å²) < 4.78 is 19.4. The predicted octanol–water partition coefficient (Wildman–Crippen LogP) is 2.67. The lowest BCUT2D eigenvalue weighted by Crippen LogP contribution is -2.41. The second kappa shape index (κ2) is 5.80. The van der Waals surface area contributed by atoms with E-state index in [1.54, 1.807) is 6.92 Å². The maximum atomic E-state index is 14.1. The molecule has 1 fully saturated rings. The fourth-order valence-electron chi connectivity index (χ4n) is 2.01. The summed E-state index contributed by atoms with van der Waals surface area (Å²) in [6.07, 6.45) is 4.22. The van der Waals surface area contributed by atoms with Crippen molar-refractivity contribution in [3.05, 3.63) is 0 Å². The highest BCUT2D eigenvalue weighted by atomic mass is 19.1. The molecule has 90 valence electrons. The first-order valence-electron chi connectivity index (χ1n) is 6.03. The van der Waals surface area contributed by atoms with Crippen LogP contribution in [0.5, 0.6) is 0 Å². The number of piperidine rings is 1. The Morgan fingerprint density at radius 3 is 2.73 bits per heavy atom. The van der Waals surface area contributed by atoms with E-state index in [4.69, 9.17) is 4.74 Å². The van der Waals surface area contributed by atoms with Gasteiger partial charge in [0.15, 0.2) is 0 Å². The molecule has 1 heterocycles. The van der Waals surface area contributed by atoms with Gasteiger partial charge in [0.1, 0.15) is 5.67 Å². The molecule has 1 N–H and O–H groups in total. The summed E-state index contributed by atoms with van der Waals surface area (Å²) in [5.41, 5.74) is -1.20. The molecular weight excluding hydrogens is 193 g/mol. The van der Waals surface area contributed by atoms with Gasteiger partial charge in [0.25, 0.3) is 0 Å². The van der Waals surface area contributed by atoms with Crippen LogP contribution in [0.2, 0.25) is 0 Å². The zero-order chi connectivity index (χ0) is 11.3. The summed E-state index contributed by atoms with van der Waals surface area (Å²) in [4.78, 5) is 0. The molecule has 0 aromatic rings. The first-order chi connectivity index (χ1) is 6.99. The molecule has 1 aliphatic rings. The fourth-order valence-corrected chi connectivity index (χ4v) is 2.01. The van der Waals surface area contributed by atoms with E-state index in [-0.39, 0.29) is 12.7 Å². The Hall–Kier alpha value is -0.150. The van der Waals surface area contributed by atoms with Crippen molar-refractivity contribution in [3.8, 4) is 0 Å². The molecule has 15 heavy (non-hydrogen) atoms. The molecule has 2 unspecified atom stereocenters. The monoisotopic (exact) mass is 217 g/mol. The Bertz CT molecular complexity index is 176. The maximum Gasteiger partial charge on any atom is 0.132 e. The van der Waals surface area contributed by atoms with E-state index < -0.39 is 5.67 Å². The quantitative estimate of drug-likeness (QED) is 0.764. The van der Waals surface area contributed by atoms with Crippen LogP contribution in [-0.4, -0.2) is 31.0 Å². The van der Waals surface area contributed by atoms with Gasteiger partial charge in [0, 0.05) is 6.04 Å². The van der Waals surface area contributed by atoms with Gasteiger partial charge in [0.2, 0.25) is 0 Å². The fraction of sp³-hybridized carbons (Fsp3) is 1.00. The van der Waals surface area contributed by atoms with Crippen LogP contribution in [0.15, 0.2) is 0 Å². The van der Waals surface area contributed by atoms with Gasteiger partial charge in [-0.25, -0.2) is 4.39 Å². The van der Waals surface area contributed by atoms with Crippen molar-refractivity contribution in [3.63, 3.8) is 0 Å². The minimum atomic E-state index is -1.20. The lowest BCUT2D eigenvalue weighted by molar-refractivity contribution is -0.0147. The largest absolute Gasteiger partial charge is 0.375 e. The minimum absolute atomic E-state index is 0.111. The predicted molar refractivity (Wildman–Crippen MR) is 60.9 cm³/mol. The first-order valence-corrected chi connectivity index (χ1v) is 6.03. The first kappa shape index (κ1) is 12.9. The number of alkyl halides is 1. The third-order valence-electron chi connectivity index (χ3n) is 2.80. The van der Waals surface area contributed by atoms with Crippen molar-refractivity contribution in [2.24, 2.45) is 0 Å². The van der Waals surface area contributed by atoms with Crippen molar-refractivity contribution in [1.82, 2.24) is 5.32 Å². The summed E-state index contributed by atoms with van der Waals surface area (Å²) in [6, 6.07) is 0.338. The van der Waals surface area contributed by atoms with E-state index in [1.807, 2.05) is 13.8 Å². The number of rotatable bonds is 5. The second-order valence-electron chi connectivity index (χ2n) is 5.12. The Labute approximate surface area is 92.6 Å². The minimum Gasteiger partial charge on any atom is -0.375 e. The molecule has 0 aromatic heterocycles. The molecule has 3 heteroatoms. The standard InChI is InChI=1S/C12H24FNO/c1-10(2)15-9-12(3,13)8-11-6-4-5-7-14-11/h10-11,14H,4-9H2,1-3H3. The highest BCUT2D eigenvalue weighted by molar-refractivity contribution is 4.83. The van der Waals surface area contributed by atoms with Gasteiger partial charge in [-0.2, -0.15) is 0 Å². The van der Waals surface area contributed by atoms with E-state index in [2.05, 4.69) is 5.32 Å². The normalized spacial score (nSPS) is 26.6. The number of hydrogen-bond acceptors (Lipinski definition) is 2. The molecule has 1 aliphatic heterocycles. The van der Waals surface area contributed by atoms with Crippen LogP contribution in [0.25, 0.3) is 0 Å². The van der Waals surface area contributed by atoms with E-state index in [0.29, 0.717) is 12.5 Å². The van der Waals surface area contributed by atoms with Crippen LogP contribution in [0.3, 0.4) is 0 Å². The van der Waals surface area contributed by atoms with Crippen LogP contribution in [0, 0.1) is 0 Å². The molecular formula is C12H24FNO. The molecule has 0 spiro atoms. The molecule has 0 bridgehead atoms. The molecule has 0 saturated carbocycles. The van der Waals surface area contributed by atoms with Crippen molar-refractivity contribution in [2.45, 2.75) is 64.3 Å². The molecule has 2 atom stereocenters. The lowest BCUT2D eigenvalue weighted by atomic mass is 9.93. The summed E-state index contributed by atoms with van der Waals surface area (Å²) >= 11 is 0. The highest BCUT2D eigenvalue weighted by Gasteiger charge is 2.29. The summed E-state index contributed by atoms with van der Waals surface area (Å²) in [5.74, 6) is 0. The van der Waals surface area contributed by atoms with Crippen LogP contribution in [-0.2, 0) is 4.74 Å². The average Bonchev–Trinajstić information content (AvgIpc) is 2.16. The van der Waals surface area contributed by atoms with E-state index >= 15 is 0 Å². The van der Waals surface area contributed by atoms with Gasteiger partial charge < -0.3 is 10.1 Å². The maximum absolute atomic E-state index is 14.1. The van der Waals surface area contributed by atoms with Gasteiger partial charge >= 0.3 is 0 Å². The zero-order valence-corrected chi connectivity index (χ0v) is 10.2. The van der Waals surface area contributed by atoms with E-state index in [9.17, 15) is 4.39 Å². The molecule has 1 saturated heterocycles. The number of halogens is 1. The number of hydrogen-bond donors (Lipinski definition) is 1. The van der Waals surface area contributed by atoms with E-state index in [1.165, 1.54) is 12.8 Å². The molecule has 0 aromatic carbocycles. The van der Waals surface area contributed by atoms with E-state index in [0.717, 1.165) is 13.0 Å². The highest BCUT2D eigenvalue weighted by Crippen LogP contribution is 2.22. The summed E-state index contributed by atoms with van der Waals surface area (Å²) in [5, 5.41) is 3.37. The van der Waals surface area contributed by atoms with Crippen LogP contribution in [0.4, 0.5) is 4.39 Å². The zero-order valence-electron chi connectivity index (χ0n) is 10.2. The van der Waals surface area contributed by atoms with Gasteiger partial charge in [-0.3, -0.25) is 0 Å². The molecule has 0 aliphatic carbocycles. The Kier molecular flexibility index (Phi) is 5.00. The van der Waals surface area contributed by atoms with Crippen LogP contribution < -0.4 is 5.32 Å². The average molecular weight is 217 g/mol. The van der Waals surface area contributed by atoms with Gasteiger partial charge in [-0.15, -0.1) is 0 Å². The van der Waals surface area contributed by atoms with Gasteiger partial charge in [-0.1, -0.05) is 6.42 Å².